The van der Waals surface area contributed by atoms with Gasteiger partial charge in [-0.15, -0.1) is 11.3 Å². The molecule has 104 valence electrons. The molecular weight excluding hydrogens is 321 g/mol. The van der Waals surface area contributed by atoms with Gasteiger partial charge in [-0.25, -0.2) is 0 Å². The van der Waals surface area contributed by atoms with Crippen molar-refractivity contribution in [3.05, 3.63) is 44.8 Å². The predicted molar refractivity (Wildman–Crippen MR) is 81.7 cm³/mol. The van der Waals surface area contributed by atoms with E-state index in [0.29, 0.717) is 5.00 Å². The molecule has 0 radical (unpaired) electrons. The normalized spacial score (nSPS) is 10.3. The van der Waals surface area contributed by atoms with Crippen LogP contribution in [-0.2, 0) is 0 Å². The number of halogens is 2. The Morgan fingerprint density at radius 3 is 2.35 bits per heavy atom. The second-order valence-corrected chi connectivity index (χ2v) is 5.57. The van der Waals surface area contributed by atoms with Crippen molar-refractivity contribution >= 4 is 57.0 Å². The van der Waals surface area contributed by atoms with Crippen LogP contribution >= 0.6 is 34.5 Å². The summed E-state index contributed by atoms with van der Waals surface area (Å²) in [6, 6.07) is 4.33. The number of primary amides is 1. The van der Waals surface area contributed by atoms with Crippen LogP contribution in [0.3, 0.4) is 0 Å². The molecule has 20 heavy (non-hydrogen) atoms. The lowest BCUT2D eigenvalue weighted by molar-refractivity contribution is 0.100. The average Bonchev–Trinajstić information content (AvgIpc) is 2.83. The second-order valence-electron chi connectivity index (χ2n) is 3.84. The first-order valence-electron chi connectivity index (χ1n) is 5.33. The van der Waals surface area contributed by atoms with Crippen LogP contribution in [0, 0.1) is 0 Å². The van der Waals surface area contributed by atoms with Crippen LogP contribution < -0.4 is 16.8 Å². The third-order valence-corrected chi connectivity index (χ3v) is 3.95. The predicted octanol–water partition coefficient (Wildman–Crippen LogP) is 2.99. The molecule has 0 fully saturated rings. The molecule has 1 heterocycles. The summed E-state index contributed by atoms with van der Waals surface area (Å²) < 4.78 is 0. The zero-order valence-corrected chi connectivity index (χ0v) is 12.3. The Kier molecular flexibility index (Phi) is 4.17. The third-order valence-electron chi connectivity index (χ3n) is 2.50. The van der Waals surface area contributed by atoms with Gasteiger partial charge in [-0.2, -0.15) is 0 Å². The van der Waals surface area contributed by atoms with E-state index in [1.165, 1.54) is 29.5 Å². The van der Waals surface area contributed by atoms with Gasteiger partial charge in [0.25, 0.3) is 11.8 Å². The molecule has 5 nitrogen and oxygen atoms in total. The Hall–Kier alpha value is -1.76. The summed E-state index contributed by atoms with van der Waals surface area (Å²) in [4.78, 5) is 23.3. The highest BCUT2D eigenvalue weighted by Crippen LogP contribution is 2.30. The molecule has 8 heteroatoms. The Balaban J connectivity index is 2.29. The number of hydrogen-bond acceptors (Lipinski definition) is 4. The van der Waals surface area contributed by atoms with Crippen LogP contribution in [0.5, 0.6) is 0 Å². The number of rotatable bonds is 3. The van der Waals surface area contributed by atoms with Crippen LogP contribution in [0.15, 0.2) is 23.6 Å². The average molecular weight is 330 g/mol. The molecule has 0 aliphatic carbocycles. The van der Waals surface area contributed by atoms with E-state index in [4.69, 9.17) is 34.7 Å². The van der Waals surface area contributed by atoms with E-state index < -0.39 is 11.8 Å². The molecule has 5 N–H and O–H groups in total. The second kappa shape index (κ2) is 5.70. The maximum Gasteiger partial charge on any atom is 0.256 e. The molecular formula is C12H9Cl2N3O2S. The minimum Gasteiger partial charge on any atom is -0.396 e. The summed E-state index contributed by atoms with van der Waals surface area (Å²) in [5.41, 5.74) is 11.5. The number of carbonyl (C=O) groups is 2. The highest BCUT2D eigenvalue weighted by atomic mass is 35.5. The monoisotopic (exact) mass is 329 g/mol. The van der Waals surface area contributed by atoms with Crippen LogP contribution in [0.1, 0.15) is 20.7 Å². The van der Waals surface area contributed by atoms with Crippen molar-refractivity contribution in [1.29, 1.82) is 0 Å². The van der Waals surface area contributed by atoms with Gasteiger partial charge in [0.15, 0.2) is 0 Å². The van der Waals surface area contributed by atoms with Crippen LogP contribution in [0.4, 0.5) is 10.7 Å². The van der Waals surface area contributed by atoms with Crippen molar-refractivity contribution in [2.75, 3.05) is 11.1 Å². The van der Waals surface area contributed by atoms with Crippen molar-refractivity contribution in [2.24, 2.45) is 5.73 Å². The summed E-state index contributed by atoms with van der Waals surface area (Å²) >= 11 is 12.9. The minimum absolute atomic E-state index is 0.184. The molecule has 0 aliphatic rings. The number of nitrogens with one attached hydrogen (secondary N) is 1. The summed E-state index contributed by atoms with van der Waals surface area (Å²) in [6.07, 6.45) is 0. The Bertz CT molecular complexity index is 677. The van der Waals surface area contributed by atoms with E-state index in [-0.39, 0.29) is 26.9 Å². The fourth-order valence-corrected chi connectivity index (χ4v) is 2.77. The van der Waals surface area contributed by atoms with E-state index >= 15 is 0 Å². The maximum absolute atomic E-state index is 12.1. The molecule has 0 saturated heterocycles. The van der Waals surface area contributed by atoms with Gasteiger partial charge in [-0.1, -0.05) is 23.2 Å². The lowest BCUT2D eigenvalue weighted by Gasteiger charge is -2.07. The Morgan fingerprint density at radius 1 is 1.20 bits per heavy atom. The molecule has 1 aromatic carbocycles. The zero-order chi connectivity index (χ0) is 14.9. The SMILES string of the molecule is NC(=O)c1ccsc1NC(=O)c1cc(Cl)c(N)c(Cl)c1. The fraction of sp³-hybridized carbons (Fsp3) is 0. The molecule has 2 amide bonds. The van der Waals surface area contributed by atoms with E-state index in [0.717, 1.165) is 0 Å². The minimum atomic E-state index is -0.616. The number of nitrogen functional groups attached to an aromatic ring is 1. The van der Waals surface area contributed by atoms with Crippen molar-refractivity contribution in [3.8, 4) is 0 Å². The number of benzene rings is 1. The number of nitrogens with two attached hydrogens (primary N) is 2. The smallest absolute Gasteiger partial charge is 0.256 e. The number of carbonyl (C=O) groups excluding carboxylic acids is 2. The van der Waals surface area contributed by atoms with Gasteiger partial charge in [-0.05, 0) is 23.6 Å². The van der Waals surface area contributed by atoms with Gasteiger partial charge in [0, 0.05) is 5.56 Å². The molecule has 2 rings (SSSR count). The standard InChI is InChI=1S/C12H9Cl2N3O2S/c13-7-3-5(4-8(14)9(7)15)11(19)17-12-6(10(16)18)1-2-20-12/h1-4H,15H2,(H2,16,18)(H,17,19). The molecule has 0 bridgehead atoms. The lowest BCUT2D eigenvalue weighted by Crippen LogP contribution is -2.16. The van der Waals surface area contributed by atoms with Crippen LogP contribution in [0.2, 0.25) is 10.0 Å². The number of hydrogen-bond donors (Lipinski definition) is 3. The highest BCUT2D eigenvalue weighted by Gasteiger charge is 2.15. The summed E-state index contributed by atoms with van der Waals surface area (Å²) in [6.45, 7) is 0. The first kappa shape index (κ1) is 14.6. The van der Waals surface area contributed by atoms with Gasteiger partial charge < -0.3 is 16.8 Å². The molecule has 0 atom stereocenters. The largest absolute Gasteiger partial charge is 0.396 e. The molecule has 0 spiro atoms. The third kappa shape index (κ3) is 2.87. The van der Waals surface area contributed by atoms with Crippen LogP contribution in [0.25, 0.3) is 0 Å². The fourth-order valence-electron chi connectivity index (χ4n) is 1.49. The van der Waals surface area contributed by atoms with Gasteiger partial charge in [0.05, 0.1) is 21.3 Å². The topological polar surface area (TPSA) is 98.2 Å². The Morgan fingerprint density at radius 2 is 1.80 bits per heavy atom. The van der Waals surface area contributed by atoms with E-state index in [2.05, 4.69) is 5.32 Å². The highest BCUT2D eigenvalue weighted by molar-refractivity contribution is 7.14. The van der Waals surface area contributed by atoms with Crippen molar-refractivity contribution in [3.63, 3.8) is 0 Å². The number of anilines is 2. The zero-order valence-electron chi connectivity index (χ0n) is 9.94. The molecule has 0 aliphatic heterocycles. The van der Waals surface area contributed by atoms with E-state index in [1.54, 1.807) is 5.38 Å². The Labute approximate surface area is 128 Å². The van der Waals surface area contributed by atoms with Gasteiger partial charge >= 0.3 is 0 Å². The number of thiophene rings is 1. The maximum atomic E-state index is 12.1. The lowest BCUT2D eigenvalue weighted by atomic mass is 10.2. The molecule has 0 saturated carbocycles. The molecule has 1 aromatic heterocycles. The quantitative estimate of drug-likeness (QED) is 0.755. The summed E-state index contributed by atoms with van der Waals surface area (Å²) in [7, 11) is 0. The first-order chi connectivity index (χ1) is 9.40. The van der Waals surface area contributed by atoms with E-state index in [9.17, 15) is 9.59 Å². The van der Waals surface area contributed by atoms with Gasteiger partial charge in [-0.3, -0.25) is 9.59 Å². The van der Waals surface area contributed by atoms with Gasteiger partial charge in [0.1, 0.15) is 5.00 Å². The van der Waals surface area contributed by atoms with Crippen molar-refractivity contribution in [1.82, 2.24) is 0 Å². The molecule has 2 aromatic rings. The first-order valence-corrected chi connectivity index (χ1v) is 6.97. The van der Waals surface area contributed by atoms with Crippen molar-refractivity contribution in [2.45, 2.75) is 0 Å². The van der Waals surface area contributed by atoms with E-state index in [1.807, 2.05) is 0 Å². The van der Waals surface area contributed by atoms with Crippen molar-refractivity contribution < 1.29 is 9.59 Å². The van der Waals surface area contributed by atoms with Gasteiger partial charge in [0.2, 0.25) is 0 Å². The summed E-state index contributed by atoms with van der Waals surface area (Å²) in [5.74, 6) is -1.08. The number of amides is 2. The molecule has 0 unspecified atom stereocenters. The van der Waals surface area contributed by atoms with Crippen LogP contribution in [-0.4, -0.2) is 11.8 Å². The summed E-state index contributed by atoms with van der Waals surface area (Å²) in [5, 5.41) is 4.97.